The number of guanidine groups is 1. The van der Waals surface area contributed by atoms with Crippen LogP contribution in [0.15, 0.2) is 23.3 Å². The SMILES string of the molecule is CCC(=O)N1CCC(NC(=NC)NCc2ccnc(N3CCCCC3)c2)C1. The Balaban J connectivity index is 1.50. The summed E-state index contributed by atoms with van der Waals surface area (Å²) in [5.41, 5.74) is 1.20. The topological polar surface area (TPSA) is 72.9 Å². The Hall–Kier alpha value is -2.31. The van der Waals surface area contributed by atoms with Crippen molar-refractivity contribution >= 4 is 17.7 Å². The minimum absolute atomic E-state index is 0.226. The number of likely N-dealkylation sites (tertiary alicyclic amines) is 1. The van der Waals surface area contributed by atoms with Gasteiger partial charge >= 0.3 is 0 Å². The van der Waals surface area contributed by atoms with Crippen molar-refractivity contribution in [3.63, 3.8) is 0 Å². The van der Waals surface area contributed by atoms with Gasteiger partial charge in [-0.2, -0.15) is 0 Å². The molecule has 1 aromatic rings. The van der Waals surface area contributed by atoms with Gasteiger partial charge in [-0.05, 0) is 43.4 Å². The number of nitrogens with one attached hydrogen (secondary N) is 2. The Labute approximate surface area is 162 Å². The van der Waals surface area contributed by atoms with Crippen molar-refractivity contribution < 1.29 is 4.79 Å². The quantitative estimate of drug-likeness (QED) is 0.609. The first-order valence-electron chi connectivity index (χ1n) is 10.1. The first-order valence-corrected chi connectivity index (χ1v) is 10.1. The predicted molar refractivity (Wildman–Crippen MR) is 109 cm³/mol. The second-order valence-electron chi connectivity index (χ2n) is 7.32. The van der Waals surface area contributed by atoms with E-state index in [9.17, 15) is 4.79 Å². The Kier molecular flexibility index (Phi) is 6.90. The standard InChI is InChI=1S/C20H32N6O/c1-3-19(27)26-12-8-17(15-26)24-20(21-2)23-14-16-7-9-22-18(13-16)25-10-5-4-6-11-25/h7,9,13,17H,3-6,8,10-12,14-15H2,1-2H3,(H2,21,23,24). The fourth-order valence-corrected chi connectivity index (χ4v) is 3.77. The number of aromatic nitrogens is 1. The summed E-state index contributed by atoms with van der Waals surface area (Å²) in [4.78, 5) is 25.0. The number of carbonyl (C=O) groups is 1. The van der Waals surface area contributed by atoms with E-state index in [1.165, 1.54) is 24.8 Å². The van der Waals surface area contributed by atoms with Gasteiger partial charge in [0, 0.05) is 58.4 Å². The lowest BCUT2D eigenvalue weighted by molar-refractivity contribution is -0.129. The number of hydrogen-bond acceptors (Lipinski definition) is 4. The summed E-state index contributed by atoms with van der Waals surface area (Å²) >= 11 is 0. The molecule has 0 radical (unpaired) electrons. The normalized spacial score (nSPS) is 20.7. The highest BCUT2D eigenvalue weighted by molar-refractivity contribution is 5.80. The minimum atomic E-state index is 0.226. The largest absolute Gasteiger partial charge is 0.357 e. The Bertz CT molecular complexity index is 656. The number of carbonyl (C=O) groups excluding carboxylic acids is 1. The lowest BCUT2D eigenvalue weighted by atomic mass is 10.1. The van der Waals surface area contributed by atoms with Crippen molar-refractivity contribution in [2.75, 3.05) is 38.1 Å². The van der Waals surface area contributed by atoms with Crippen LogP contribution in [0, 0.1) is 0 Å². The molecule has 2 N–H and O–H groups in total. The van der Waals surface area contributed by atoms with Crippen LogP contribution in [0.4, 0.5) is 5.82 Å². The van der Waals surface area contributed by atoms with Crippen molar-refractivity contribution in [3.05, 3.63) is 23.9 Å². The molecule has 1 unspecified atom stereocenters. The molecule has 0 spiro atoms. The highest BCUT2D eigenvalue weighted by Crippen LogP contribution is 2.18. The number of amides is 1. The summed E-state index contributed by atoms with van der Waals surface area (Å²) in [6.07, 6.45) is 7.24. The van der Waals surface area contributed by atoms with E-state index in [1.807, 2.05) is 24.1 Å². The maximum Gasteiger partial charge on any atom is 0.222 e. The van der Waals surface area contributed by atoms with E-state index in [4.69, 9.17) is 0 Å². The summed E-state index contributed by atoms with van der Waals surface area (Å²) in [5.74, 6) is 2.08. The van der Waals surface area contributed by atoms with E-state index in [1.54, 1.807) is 7.05 Å². The molecule has 1 amide bonds. The van der Waals surface area contributed by atoms with E-state index >= 15 is 0 Å². The van der Waals surface area contributed by atoms with Gasteiger partial charge in [0.1, 0.15) is 5.82 Å². The summed E-state index contributed by atoms with van der Waals surface area (Å²) in [5, 5.41) is 6.83. The molecule has 2 aliphatic heterocycles. The summed E-state index contributed by atoms with van der Waals surface area (Å²) in [7, 11) is 1.78. The van der Waals surface area contributed by atoms with Crippen LogP contribution in [-0.2, 0) is 11.3 Å². The molecule has 0 saturated carbocycles. The predicted octanol–water partition coefficient (Wildman–Crippen LogP) is 1.75. The Morgan fingerprint density at radius 3 is 2.85 bits per heavy atom. The maximum atomic E-state index is 11.8. The zero-order valence-corrected chi connectivity index (χ0v) is 16.6. The number of aliphatic imine (C=N–C) groups is 1. The average molecular weight is 373 g/mol. The number of anilines is 1. The molecule has 3 heterocycles. The molecule has 0 aromatic carbocycles. The zero-order chi connectivity index (χ0) is 19.1. The molecular formula is C20H32N6O. The van der Waals surface area contributed by atoms with Gasteiger partial charge in [-0.3, -0.25) is 9.79 Å². The molecule has 2 saturated heterocycles. The van der Waals surface area contributed by atoms with Crippen LogP contribution in [0.5, 0.6) is 0 Å². The maximum absolute atomic E-state index is 11.8. The molecular weight excluding hydrogens is 340 g/mol. The number of nitrogens with zero attached hydrogens (tertiary/aromatic N) is 4. The highest BCUT2D eigenvalue weighted by atomic mass is 16.2. The van der Waals surface area contributed by atoms with E-state index in [0.29, 0.717) is 13.0 Å². The van der Waals surface area contributed by atoms with Gasteiger partial charge in [0.25, 0.3) is 0 Å². The van der Waals surface area contributed by atoms with Crippen molar-refractivity contribution in [1.82, 2.24) is 20.5 Å². The van der Waals surface area contributed by atoms with Gasteiger partial charge in [-0.25, -0.2) is 4.98 Å². The minimum Gasteiger partial charge on any atom is -0.357 e. The number of piperidine rings is 1. The first-order chi connectivity index (χ1) is 13.2. The van der Waals surface area contributed by atoms with Crippen LogP contribution in [0.25, 0.3) is 0 Å². The second kappa shape index (κ2) is 9.58. The van der Waals surface area contributed by atoms with Crippen molar-refractivity contribution in [2.45, 2.75) is 51.6 Å². The molecule has 3 rings (SSSR count). The van der Waals surface area contributed by atoms with Gasteiger partial charge in [0.2, 0.25) is 5.91 Å². The third-order valence-corrected chi connectivity index (χ3v) is 5.36. The van der Waals surface area contributed by atoms with Gasteiger partial charge in [0.15, 0.2) is 5.96 Å². The summed E-state index contributed by atoms with van der Waals surface area (Å²) < 4.78 is 0. The third-order valence-electron chi connectivity index (χ3n) is 5.36. The summed E-state index contributed by atoms with van der Waals surface area (Å²) in [6.45, 7) is 6.39. The van der Waals surface area contributed by atoms with Gasteiger partial charge in [-0.1, -0.05) is 6.92 Å². The third kappa shape index (κ3) is 5.34. The molecule has 2 aliphatic rings. The van der Waals surface area contributed by atoms with Crippen LogP contribution in [0.3, 0.4) is 0 Å². The van der Waals surface area contributed by atoms with Crippen LogP contribution in [0.2, 0.25) is 0 Å². The van der Waals surface area contributed by atoms with Crippen LogP contribution < -0.4 is 15.5 Å². The molecule has 1 aromatic heterocycles. The van der Waals surface area contributed by atoms with Crippen LogP contribution in [0.1, 0.15) is 44.6 Å². The van der Waals surface area contributed by atoms with Gasteiger partial charge in [-0.15, -0.1) is 0 Å². The zero-order valence-electron chi connectivity index (χ0n) is 16.6. The van der Waals surface area contributed by atoms with Crippen molar-refractivity contribution in [2.24, 2.45) is 4.99 Å². The first kappa shape index (κ1) is 19.5. The van der Waals surface area contributed by atoms with Gasteiger partial charge in [0.05, 0.1) is 0 Å². The second-order valence-corrected chi connectivity index (χ2v) is 7.32. The van der Waals surface area contributed by atoms with E-state index in [2.05, 4.69) is 31.6 Å². The smallest absolute Gasteiger partial charge is 0.222 e. The molecule has 148 valence electrons. The van der Waals surface area contributed by atoms with E-state index in [0.717, 1.165) is 44.4 Å². The van der Waals surface area contributed by atoms with E-state index < -0.39 is 0 Å². The van der Waals surface area contributed by atoms with Crippen molar-refractivity contribution in [3.8, 4) is 0 Å². The van der Waals surface area contributed by atoms with Crippen LogP contribution in [-0.4, -0.2) is 61.0 Å². The number of rotatable bonds is 5. The molecule has 0 bridgehead atoms. The highest BCUT2D eigenvalue weighted by Gasteiger charge is 2.25. The van der Waals surface area contributed by atoms with Gasteiger partial charge < -0.3 is 20.4 Å². The average Bonchev–Trinajstić information content (AvgIpc) is 3.20. The van der Waals surface area contributed by atoms with Crippen molar-refractivity contribution in [1.29, 1.82) is 0 Å². The van der Waals surface area contributed by atoms with E-state index in [-0.39, 0.29) is 11.9 Å². The summed E-state index contributed by atoms with van der Waals surface area (Å²) in [6, 6.07) is 4.47. The fourth-order valence-electron chi connectivity index (χ4n) is 3.77. The molecule has 27 heavy (non-hydrogen) atoms. The molecule has 2 fully saturated rings. The molecule has 0 aliphatic carbocycles. The van der Waals surface area contributed by atoms with Crippen LogP contribution >= 0.6 is 0 Å². The molecule has 7 nitrogen and oxygen atoms in total. The number of hydrogen-bond donors (Lipinski definition) is 2. The fraction of sp³-hybridized carbons (Fsp3) is 0.650. The molecule has 7 heteroatoms. The molecule has 1 atom stereocenters. The monoisotopic (exact) mass is 372 g/mol. The Morgan fingerprint density at radius 2 is 2.11 bits per heavy atom. The Morgan fingerprint density at radius 1 is 1.30 bits per heavy atom. The lowest BCUT2D eigenvalue weighted by Gasteiger charge is -2.28. The lowest BCUT2D eigenvalue weighted by Crippen LogP contribution is -2.44. The number of pyridine rings is 1.